The third kappa shape index (κ3) is 4.76. The van der Waals surface area contributed by atoms with Crippen molar-refractivity contribution in [3.8, 4) is 11.5 Å². The highest BCUT2D eigenvalue weighted by molar-refractivity contribution is 6.33. The molecule has 1 amide bonds. The van der Waals surface area contributed by atoms with E-state index in [1.807, 2.05) is 24.3 Å². The lowest BCUT2D eigenvalue weighted by Crippen LogP contribution is -2.46. The van der Waals surface area contributed by atoms with Gasteiger partial charge in [0.1, 0.15) is 0 Å². The SMILES string of the molecule is O=C(CCN1CCN(Cc2ccc3c(c2)OCO3)CC1)Nc1ccccc1Cl. The summed E-state index contributed by atoms with van der Waals surface area (Å²) in [5.41, 5.74) is 1.90. The predicted molar refractivity (Wildman–Crippen MR) is 109 cm³/mol. The Bertz CT molecular complexity index is 837. The Morgan fingerprint density at radius 2 is 1.75 bits per heavy atom. The Morgan fingerprint density at radius 1 is 1.00 bits per heavy atom. The number of para-hydroxylation sites is 1. The molecule has 0 radical (unpaired) electrons. The number of hydrogen-bond donors (Lipinski definition) is 1. The summed E-state index contributed by atoms with van der Waals surface area (Å²) >= 11 is 6.09. The van der Waals surface area contributed by atoms with E-state index in [0.717, 1.165) is 50.8 Å². The van der Waals surface area contributed by atoms with Crippen LogP contribution in [0.3, 0.4) is 0 Å². The van der Waals surface area contributed by atoms with E-state index in [9.17, 15) is 4.79 Å². The largest absolute Gasteiger partial charge is 0.454 e. The molecule has 0 aromatic heterocycles. The third-order valence-electron chi connectivity index (χ3n) is 5.11. The van der Waals surface area contributed by atoms with Crippen LogP contribution in [0.1, 0.15) is 12.0 Å². The van der Waals surface area contributed by atoms with Crippen LogP contribution in [0.4, 0.5) is 5.69 Å². The molecule has 1 N–H and O–H groups in total. The molecule has 0 spiro atoms. The van der Waals surface area contributed by atoms with Crippen molar-refractivity contribution in [1.29, 1.82) is 0 Å². The topological polar surface area (TPSA) is 54.0 Å². The molecular weight excluding hydrogens is 378 g/mol. The number of halogens is 1. The van der Waals surface area contributed by atoms with Crippen molar-refractivity contribution in [3.05, 3.63) is 53.1 Å². The average molecular weight is 402 g/mol. The molecule has 0 atom stereocenters. The maximum atomic E-state index is 12.2. The van der Waals surface area contributed by atoms with Crippen LogP contribution in [0, 0.1) is 0 Å². The summed E-state index contributed by atoms with van der Waals surface area (Å²) in [7, 11) is 0. The first kappa shape index (κ1) is 19.1. The standard InChI is InChI=1S/C21H24ClN3O3/c22-17-3-1-2-4-18(17)23-21(26)7-8-24-9-11-25(12-10-24)14-16-5-6-19-20(13-16)28-15-27-19/h1-6,13H,7-12,14-15H2,(H,23,26). The van der Waals surface area contributed by atoms with Crippen LogP contribution >= 0.6 is 11.6 Å². The highest BCUT2D eigenvalue weighted by atomic mass is 35.5. The minimum absolute atomic E-state index is 0.00381. The molecule has 1 saturated heterocycles. The van der Waals surface area contributed by atoms with Gasteiger partial charge in [0.2, 0.25) is 12.7 Å². The van der Waals surface area contributed by atoms with Gasteiger partial charge < -0.3 is 19.7 Å². The van der Waals surface area contributed by atoms with Crippen LogP contribution in [0.15, 0.2) is 42.5 Å². The molecule has 0 aliphatic carbocycles. The van der Waals surface area contributed by atoms with Gasteiger partial charge in [-0.1, -0.05) is 29.8 Å². The number of benzene rings is 2. The Kier molecular flexibility index (Phi) is 6.00. The first-order valence-electron chi connectivity index (χ1n) is 9.55. The summed E-state index contributed by atoms with van der Waals surface area (Å²) in [5, 5.41) is 3.44. The zero-order valence-electron chi connectivity index (χ0n) is 15.7. The molecule has 2 aromatic rings. The number of carbonyl (C=O) groups is 1. The monoisotopic (exact) mass is 401 g/mol. The van der Waals surface area contributed by atoms with Crippen LogP contribution in [0.5, 0.6) is 11.5 Å². The van der Waals surface area contributed by atoms with Crippen LogP contribution in [-0.2, 0) is 11.3 Å². The molecule has 2 aliphatic rings. The van der Waals surface area contributed by atoms with Crippen molar-refractivity contribution < 1.29 is 14.3 Å². The molecule has 0 unspecified atom stereocenters. The van der Waals surface area contributed by atoms with E-state index in [-0.39, 0.29) is 5.91 Å². The van der Waals surface area contributed by atoms with E-state index in [4.69, 9.17) is 21.1 Å². The maximum Gasteiger partial charge on any atom is 0.231 e. The van der Waals surface area contributed by atoms with Crippen LogP contribution in [-0.4, -0.2) is 55.2 Å². The number of hydrogen-bond acceptors (Lipinski definition) is 5. The minimum Gasteiger partial charge on any atom is -0.454 e. The Morgan fingerprint density at radius 3 is 2.57 bits per heavy atom. The van der Waals surface area contributed by atoms with E-state index in [0.29, 0.717) is 23.9 Å². The van der Waals surface area contributed by atoms with Crippen LogP contribution < -0.4 is 14.8 Å². The van der Waals surface area contributed by atoms with Crippen LogP contribution in [0.2, 0.25) is 5.02 Å². The smallest absolute Gasteiger partial charge is 0.231 e. The fraction of sp³-hybridized carbons (Fsp3) is 0.381. The summed E-state index contributed by atoms with van der Waals surface area (Å²) in [6.45, 7) is 5.86. The number of piperazine rings is 1. The molecule has 0 bridgehead atoms. The molecule has 7 heteroatoms. The lowest BCUT2D eigenvalue weighted by Gasteiger charge is -2.34. The molecule has 28 heavy (non-hydrogen) atoms. The molecule has 0 saturated carbocycles. The van der Waals surface area contributed by atoms with E-state index in [1.54, 1.807) is 6.07 Å². The number of rotatable bonds is 6. The van der Waals surface area contributed by atoms with Crippen LogP contribution in [0.25, 0.3) is 0 Å². The second kappa shape index (κ2) is 8.82. The van der Waals surface area contributed by atoms with Gasteiger partial charge in [-0.15, -0.1) is 0 Å². The van der Waals surface area contributed by atoms with Crippen molar-refractivity contribution in [2.75, 3.05) is 44.8 Å². The van der Waals surface area contributed by atoms with E-state index in [1.165, 1.54) is 5.56 Å². The van der Waals surface area contributed by atoms with Crippen molar-refractivity contribution in [2.24, 2.45) is 0 Å². The van der Waals surface area contributed by atoms with Gasteiger partial charge in [0, 0.05) is 45.7 Å². The molecule has 6 nitrogen and oxygen atoms in total. The lowest BCUT2D eigenvalue weighted by molar-refractivity contribution is -0.116. The van der Waals surface area contributed by atoms with Gasteiger partial charge in [0.15, 0.2) is 11.5 Å². The Hall–Kier alpha value is -2.28. The number of carbonyl (C=O) groups excluding carboxylic acids is 1. The first-order chi connectivity index (χ1) is 13.7. The van der Waals surface area contributed by atoms with Crippen molar-refractivity contribution in [2.45, 2.75) is 13.0 Å². The summed E-state index contributed by atoms with van der Waals surface area (Å²) in [6.07, 6.45) is 0.466. The van der Waals surface area contributed by atoms with E-state index < -0.39 is 0 Å². The van der Waals surface area contributed by atoms with Gasteiger partial charge in [0.05, 0.1) is 10.7 Å². The van der Waals surface area contributed by atoms with Gasteiger partial charge in [0.25, 0.3) is 0 Å². The zero-order valence-corrected chi connectivity index (χ0v) is 16.5. The normalized spacial score (nSPS) is 16.9. The summed E-state index contributed by atoms with van der Waals surface area (Å²) in [5.74, 6) is 1.65. The second-order valence-electron chi connectivity index (χ2n) is 7.08. The number of amides is 1. The number of ether oxygens (including phenoxy) is 2. The summed E-state index contributed by atoms with van der Waals surface area (Å²) in [6, 6.07) is 13.4. The predicted octanol–water partition coefficient (Wildman–Crippen LogP) is 3.22. The maximum absolute atomic E-state index is 12.2. The Balaban J connectivity index is 1.19. The minimum atomic E-state index is -0.00381. The van der Waals surface area contributed by atoms with E-state index in [2.05, 4.69) is 27.2 Å². The first-order valence-corrected chi connectivity index (χ1v) is 9.93. The van der Waals surface area contributed by atoms with Gasteiger partial charge >= 0.3 is 0 Å². The molecule has 2 aromatic carbocycles. The second-order valence-corrected chi connectivity index (χ2v) is 7.49. The fourth-order valence-electron chi connectivity index (χ4n) is 3.50. The third-order valence-corrected chi connectivity index (χ3v) is 5.44. The molecule has 4 rings (SSSR count). The summed E-state index contributed by atoms with van der Waals surface area (Å²) < 4.78 is 10.8. The van der Waals surface area contributed by atoms with E-state index >= 15 is 0 Å². The van der Waals surface area contributed by atoms with Gasteiger partial charge in [-0.25, -0.2) is 0 Å². The Labute approximate surface area is 170 Å². The van der Waals surface area contributed by atoms with Gasteiger partial charge in [-0.05, 0) is 29.8 Å². The number of nitrogens with zero attached hydrogens (tertiary/aromatic N) is 2. The molecule has 2 heterocycles. The van der Waals surface area contributed by atoms with Crippen molar-refractivity contribution >= 4 is 23.2 Å². The zero-order chi connectivity index (χ0) is 19.3. The molecular formula is C21H24ClN3O3. The molecule has 2 aliphatic heterocycles. The number of nitrogens with one attached hydrogen (secondary N) is 1. The highest BCUT2D eigenvalue weighted by Crippen LogP contribution is 2.32. The number of fused-ring (bicyclic) bond motifs is 1. The van der Waals surface area contributed by atoms with Gasteiger partial charge in [-0.3, -0.25) is 9.69 Å². The summed E-state index contributed by atoms with van der Waals surface area (Å²) in [4.78, 5) is 16.9. The van der Waals surface area contributed by atoms with Crippen molar-refractivity contribution in [3.63, 3.8) is 0 Å². The fourth-order valence-corrected chi connectivity index (χ4v) is 3.69. The number of anilines is 1. The lowest BCUT2D eigenvalue weighted by atomic mass is 10.1. The quantitative estimate of drug-likeness (QED) is 0.805. The average Bonchev–Trinajstić information content (AvgIpc) is 3.17. The highest BCUT2D eigenvalue weighted by Gasteiger charge is 2.19. The molecule has 1 fully saturated rings. The van der Waals surface area contributed by atoms with Crippen molar-refractivity contribution in [1.82, 2.24) is 9.80 Å². The molecule has 148 valence electrons. The van der Waals surface area contributed by atoms with Gasteiger partial charge in [-0.2, -0.15) is 0 Å².